The number of piperidine rings is 1. The minimum atomic E-state index is 0.290. The zero-order valence-corrected chi connectivity index (χ0v) is 26.1. The quantitative estimate of drug-likeness (QED) is 0.222. The molecule has 218 valence electrons. The molecular formula is C34H50N4OS. The largest absolute Gasteiger partial charge is 0.423 e. The van der Waals surface area contributed by atoms with E-state index in [1.54, 1.807) is 4.88 Å². The highest BCUT2D eigenvalue weighted by atomic mass is 32.1. The first-order valence-electron chi connectivity index (χ1n) is 15.8. The summed E-state index contributed by atoms with van der Waals surface area (Å²) in [4.78, 5) is 14.2. The first kappa shape index (κ1) is 29.2. The molecule has 0 amide bonds. The van der Waals surface area contributed by atoms with Gasteiger partial charge in [-0.05, 0) is 94.3 Å². The predicted octanol–water partition coefficient (Wildman–Crippen LogP) is 8.21. The molecule has 1 aromatic carbocycles. The third-order valence-corrected chi connectivity index (χ3v) is 10.2. The molecule has 0 N–H and O–H groups in total. The van der Waals surface area contributed by atoms with Crippen LogP contribution in [0.2, 0.25) is 0 Å². The number of anilines is 2. The second-order valence-electron chi connectivity index (χ2n) is 12.2. The van der Waals surface area contributed by atoms with Crippen LogP contribution in [0.25, 0.3) is 0 Å². The molecule has 5 nitrogen and oxygen atoms in total. The number of likely N-dealkylation sites (tertiary alicyclic amines) is 1. The van der Waals surface area contributed by atoms with Crippen molar-refractivity contribution in [1.82, 2.24) is 9.88 Å². The van der Waals surface area contributed by atoms with Gasteiger partial charge in [0.2, 0.25) is 11.8 Å². The molecule has 1 saturated heterocycles. The molecule has 6 heteroatoms. The van der Waals surface area contributed by atoms with E-state index in [2.05, 4.69) is 84.4 Å². The predicted molar refractivity (Wildman–Crippen MR) is 170 cm³/mol. The first-order valence-corrected chi connectivity index (χ1v) is 16.7. The normalized spacial score (nSPS) is 20.9. The third-order valence-electron chi connectivity index (χ3n) is 9.28. The summed E-state index contributed by atoms with van der Waals surface area (Å²) in [5.41, 5.74) is 3.81. The van der Waals surface area contributed by atoms with Gasteiger partial charge in [0.05, 0.1) is 11.7 Å². The Bertz CT molecular complexity index is 1150. The van der Waals surface area contributed by atoms with Crippen LogP contribution >= 0.6 is 11.3 Å². The number of oxazole rings is 1. The molecule has 1 aliphatic carbocycles. The zero-order chi connectivity index (χ0) is 27.9. The Kier molecular flexibility index (Phi) is 10.2. The Morgan fingerprint density at radius 2 is 1.65 bits per heavy atom. The smallest absolute Gasteiger partial charge is 0.219 e. The van der Waals surface area contributed by atoms with Gasteiger partial charge in [-0.25, -0.2) is 4.98 Å². The van der Waals surface area contributed by atoms with Crippen LogP contribution in [0.1, 0.15) is 93.3 Å². The zero-order valence-electron chi connectivity index (χ0n) is 25.3. The van der Waals surface area contributed by atoms with Crippen LogP contribution < -0.4 is 9.80 Å². The van der Waals surface area contributed by atoms with Crippen molar-refractivity contribution in [3.8, 4) is 0 Å². The molecule has 0 radical (unpaired) electrons. The molecule has 1 aliphatic heterocycles. The Balaban J connectivity index is 1.32. The monoisotopic (exact) mass is 562 g/mol. The van der Waals surface area contributed by atoms with Crippen LogP contribution in [0.5, 0.6) is 0 Å². The highest BCUT2D eigenvalue weighted by molar-refractivity contribution is 7.10. The lowest BCUT2D eigenvalue weighted by molar-refractivity contribution is 0.107. The number of hydrogen-bond donors (Lipinski definition) is 0. The van der Waals surface area contributed by atoms with Gasteiger partial charge in [-0.3, -0.25) is 4.90 Å². The first-order chi connectivity index (χ1) is 19.6. The summed E-state index contributed by atoms with van der Waals surface area (Å²) in [6, 6.07) is 13.3. The van der Waals surface area contributed by atoms with E-state index in [1.807, 2.05) is 11.3 Å². The fourth-order valence-electron chi connectivity index (χ4n) is 6.94. The summed E-state index contributed by atoms with van der Waals surface area (Å²) < 4.78 is 6.78. The van der Waals surface area contributed by atoms with Gasteiger partial charge < -0.3 is 14.2 Å². The maximum atomic E-state index is 6.78. The second kappa shape index (κ2) is 14.0. The molecule has 3 heterocycles. The minimum absolute atomic E-state index is 0.290. The standard InChI is InChI=1S/C34H50N4OS/c1-5-37(6-2)34-29(23-26-13-9-7-10-14-26)35-33(39-34)31(38-20-11-8-12-21-38)24-27-15-17-28(18-16-27)25-32-30(36(3)4)19-22-40-32/h7,9-10,13-14,19,22,27-28,31H,5-6,8,11-12,15-18,20-21,23-25H2,1-4H3. The number of aromatic nitrogens is 1. The van der Waals surface area contributed by atoms with Crippen LogP contribution in [-0.4, -0.2) is 50.2 Å². The molecule has 5 rings (SSSR count). The Hall–Kier alpha value is -2.31. The van der Waals surface area contributed by atoms with Crippen molar-refractivity contribution >= 4 is 22.9 Å². The Labute approximate surface area is 246 Å². The van der Waals surface area contributed by atoms with Crippen molar-refractivity contribution in [2.75, 3.05) is 50.1 Å². The minimum Gasteiger partial charge on any atom is -0.423 e. The SMILES string of the molecule is CCN(CC)c1oc(C(CC2CCC(Cc3sccc3N(C)C)CC2)N2CCCCC2)nc1Cc1ccccc1. The van der Waals surface area contributed by atoms with Gasteiger partial charge in [0, 0.05) is 38.5 Å². The molecule has 2 fully saturated rings. The van der Waals surface area contributed by atoms with Gasteiger partial charge >= 0.3 is 0 Å². The van der Waals surface area contributed by atoms with E-state index < -0.39 is 0 Å². The van der Waals surface area contributed by atoms with Gasteiger partial charge in [-0.2, -0.15) is 0 Å². The molecule has 3 aromatic rings. The van der Waals surface area contributed by atoms with Gasteiger partial charge in [0.1, 0.15) is 5.69 Å². The lowest BCUT2D eigenvalue weighted by atomic mass is 9.77. The fraction of sp³-hybridized carbons (Fsp3) is 0.618. The highest BCUT2D eigenvalue weighted by Gasteiger charge is 2.33. The third kappa shape index (κ3) is 7.12. The summed E-state index contributed by atoms with van der Waals surface area (Å²) in [6.07, 6.45) is 12.5. The van der Waals surface area contributed by atoms with Crippen molar-refractivity contribution in [2.45, 2.75) is 84.1 Å². The number of benzene rings is 1. The number of thiophene rings is 1. The molecule has 1 atom stereocenters. The van der Waals surface area contributed by atoms with Crippen LogP contribution in [0.4, 0.5) is 11.6 Å². The molecule has 1 unspecified atom stereocenters. The van der Waals surface area contributed by atoms with Crippen molar-refractivity contribution in [3.63, 3.8) is 0 Å². The van der Waals surface area contributed by atoms with E-state index in [0.29, 0.717) is 6.04 Å². The summed E-state index contributed by atoms with van der Waals surface area (Å²) in [7, 11) is 4.34. The van der Waals surface area contributed by atoms with E-state index in [4.69, 9.17) is 9.40 Å². The Morgan fingerprint density at radius 3 is 2.33 bits per heavy atom. The maximum Gasteiger partial charge on any atom is 0.219 e. The lowest BCUT2D eigenvalue weighted by Gasteiger charge is -2.36. The lowest BCUT2D eigenvalue weighted by Crippen LogP contribution is -2.35. The van der Waals surface area contributed by atoms with Gasteiger partial charge in [0.25, 0.3) is 0 Å². The molecule has 1 saturated carbocycles. The maximum absolute atomic E-state index is 6.78. The number of rotatable bonds is 12. The summed E-state index contributed by atoms with van der Waals surface area (Å²) >= 11 is 1.94. The molecule has 2 aliphatic rings. The van der Waals surface area contributed by atoms with E-state index in [-0.39, 0.29) is 0 Å². The molecule has 40 heavy (non-hydrogen) atoms. The Morgan fingerprint density at radius 1 is 0.950 bits per heavy atom. The average Bonchev–Trinajstić information content (AvgIpc) is 3.62. The van der Waals surface area contributed by atoms with Crippen molar-refractivity contribution in [3.05, 3.63) is 63.8 Å². The van der Waals surface area contributed by atoms with Crippen molar-refractivity contribution < 1.29 is 4.42 Å². The fourth-order valence-corrected chi connectivity index (χ4v) is 8.00. The average molecular weight is 563 g/mol. The van der Waals surface area contributed by atoms with Crippen molar-refractivity contribution in [1.29, 1.82) is 0 Å². The second-order valence-corrected chi connectivity index (χ2v) is 13.2. The van der Waals surface area contributed by atoms with Crippen LogP contribution in [-0.2, 0) is 12.8 Å². The summed E-state index contributed by atoms with van der Waals surface area (Å²) in [5, 5.41) is 2.26. The van der Waals surface area contributed by atoms with Crippen molar-refractivity contribution in [2.24, 2.45) is 11.8 Å². The number of nitrogens with zero attached hydrogens (tertiary/aromatic N) is 4. The summed E-state index contributed by atoms with van der Waals surface area (Å²) in [6.45, 7) is 8.65. The van der Waals surface area contributed by atoms with E-state index in [9.17, 15) is 0 Å². The highest BCUT2D eigenvalue weighted by Crippen LogP contribution is 2.41. The van der Waals surface area contributed by atoms with Gasteiger partial charge in [-0.1, -0.05) is 49.6 Å². The van der Waals surface area contributed by atoms with Gasteiger partial charge in [0.15, 0.2) is 0 Å². The molecular weight excluding hydrogens is 512 g/mol. The molecule has 0 spiro atoms. The van der Waals surface area contributed by atoms with Crippen LogP contribution in [0, 0.1) is 11.8 Å². The van der Waals surface area contributed by atoms with E-state index in [0.717, 1.165) is 48.8 Å². The van der Waals surface area contributed by atoms with E-state index in [1.165, 1.54) is 82.1 Å². The van der Waals surface area contributed by atoms with E-state index >= 15 is 0 Å². The number of hydrogen-bond acceptors (Lipinski definition) is 6. The van der Waals surface area contributed by atoms with Gasteiger partial charge in [-0.15, -0.1) is 11.3 Å². The summed E-state index contributed by atoms with van der Waals surface area (Å²) in [5.74, 6) is 3.52. The molecule has 0 bridgehead atoms. The topological polar surface area (TPSA) is 35.8 Å². The molecule has 2 aromatic heterocycles. The van der Waals surface area contributed by atoms with Crippen LogP contribution in [0.3, 0.4) is 0 Å². The van der Waals surface area contributed by atoms with Crippen LogP contribution in [0.15, 0.2) is 46.2 Å².